The fraction of sp³-hybridized carbons (Fsp3) is 0.375. The number of nitrogens with zero attached hydrogens (tertiary/aromatic N) is 1. The summed E-state index contributed by atoms with van der Waals surface area (Å²) in [6.45, 7) is 2.06. The van der Waals surface area contributed by atoms with Crippen LogP contribution in [0.25, 0.3) is 6.08 Å². The van der Waals surface area contributed by atoms with Crippen LogP contribution < -0.4 is 9.47 Å². The van der Waals surface area contributed by atoms with E-state index in [0.717, 1.165) is 6.08 Å². The molecule has 1 amide bonds. The minimum atomic E-state index is -1.04. The number of ether oxygens (including phenoxy) is 3. The lowest BCUT2D eigenvalue weighted by Gasteiger charge is -2.27. The van der Waals surface area contributed by atoms with Gasteiger partial charge in [0, 0.05) is 19.2 Å². The molecular weight excluding hydrogens is 382 g/mol. The Hall–Kier alpha value is -2.06. The second-order valence-corrected chi connectivity index (χ2v) is 5.84. The first-order chi connectivity index (χ1) is 11.5. The number of aliphatic carboxylic acids is 1. The Bertz CT molecular complexity index is 640. The Morgan fingerprint density at radius 3 is 2.71 bits per heavy atom. The molecular formula is C16H18BrNO6. The van der Waals surface area contributed by atoms with Gasteiger partial charge in [0.2, 0.25) is 0 Å². The molecule has 1 aliphatic heterocycles. The number of carboxylic acids is 1. The average Bonchev–Trinajstić information content (AvgIpc) is 2.59. The van der Waals surface area contributed by atoms with Crippen LogP contribution in [0.3, 0.4) is 0 Å². The summed E-state index contributed by atoms with van der Waals surface area (Å²) < 4.78 is 16.7. The van der Waals surface area contributed by atoms with Crippen molar-refractivity contribution in [2.75, 3.05) is 40.0 Å². The van der Waals surface area contributed by atoms with Crippen molar-refractivity contribution in [2.45, 2.75) is 0 Å². The zero-order valence-electron chi connectivity index (χ0n) is 13.2. The summed E-state index contributed by atoms with van der Waals surface area (Å²) in [5, 5.41) is 8.69. The number of hydrogen-bond donors (Lipinski definition) is 1. The molecule has 1 N–H and O–H groups in total. The first-order valence-electron chi connectivity index (χ1n) is 7.28. The summed E-state index contributed by atoms with van der Waals surface area (Å²) in [7, 11) is 1.48. The molecule has 0 aliphatic carbocycles. The lowest BCUT2D eigenvalue weighted by Crippen LogP contribution is -2.43. The summed E-state index contributed by atoms with van der Waals surface area (Å²) in [6, 6.07) is 3.33. The van der Waals surface area contributed by atoms with Gasteiger partial charge in [0.25, 0.3) is 5.91 Å². The zero-order chi connectivity index (χ0) is 17.5. The molecule has 0 bridgehead atoms. The molecule has 8 heteroatoms. The van der Waals surface area contributed by atoms with Gasteiger partial charge in [0.05, 0.1) is 24.8 Å². The van der Waals surface area contributed by atoms with Gasteiger partial charge >= 0.3 is 5.97 Å². The van der Waals surface area contributed by atoms with Gasteiger partial charge in [-0.3, -0.25) is 4.79 Å². The third-order valence-corrected chi connectivity index (χ3v) is 3.96. The van der Waals surface area contributed by atoms with E-state index in [1.165, 1.54) is 13.2 Å². The molecule has 1 aromatic carbocycles. The van der Waals surface area contributed by atoms with Crippen molar-refractivity contribution in [3.05, 3.63) is 28.2 Å². The minimum absolute atomic E-state index is 0.112. The maximum Gasteiger partial charge on any atom is 0.328 e. The number of morpholine rings is 1. The Morgan fingerprint density at radius 1 is 1.38 bits per heavy atom. The van der Waals surface area contributed by atoms with Gasteiger partial charge in [-0.2, -0.15) is 0 Å². The van der Waals surface area contributed by atoms with Crippen LogP contribution in [-0.2, 0) is 14.3 Å². The van der Waals surface area contributed by atoms with E-state index in [0.29, 0.717) is 47.8 Å². The predicted molar refractivity (Wildman–Crippen MR) is 90.3 cm³/mol. The molecule has 1 saturated heterocycles. The van der Waals surface area contributed by atoms with Crippen molar-refractivity contribution in [3.8, 4) is 11.5 Å². The monoisotopic (exact) mass is 399 g/mol. The van der Waals surface area contributed by atoms with Crippen molar-refractivity contribution >= 4 is 33.9 Å². The molecule has 0 unspecified atom stereocenters. The van der Waals surface area contributed by atoms with Gasteiger partial charge in [-0.15, -0.1) is 0 Å². The second-order valence-electron chi connectivity index (χ2n) is 4.99. The van der Waals surface area contributed by atoms with Crippen molar-refractivity contribution in [1.82, 2.24) is 4.90 Å². The van der Waals surface area contributed by atoms with E-state index in [1.54, 1.807) is 17.0 Å². The second kappa shape index (κ2) is 8.70. The van der Waals surface area contributed by atoms with Crippen molar-refractivity contribution in [2.24, 2.45) is 0 Å². The number of carbonyl (C=O) groups excluding carboxylic acids is 1. The highest BCUT2D eigenvalue weighted by Gasteiger charge is 2.19. The van der Waals surface area contributed by atoms with Gasteiger partial charge in [-0.25, -0.2) is 4.79 Å². The van der Waals surface area contributed by atoms with Crippen LogP contribution in [0.4, 0.5) is 0 Å². The number of amides is 1. The molecule has 1 fully saturated rings. The van der Waals surface area contributed by atoms with Gasteiger partial charge in [0.15, 0.2) is 18.1 Å². The first-order valence-corrected chi connectivity index (χ1v) is 8.07. The SMILES string of the molecule is COc1cc(/C=C/C(=O)O)cc(Br)c1OCC(=O)N1CCOCC1. The highest BCUT2D eigenvalue weighted by molar-refractivity contribution is 9.10. The van der Waals surface area contributed by atoms with E-state index in [9.17, 15) is 9.59 Å². The van der Waals surface area contributed by atoms with Crippen LogP contribution in [0.2, 0.25) is 0 Å². The van der Waals surface area contributed by atoms with Gasteiger partial charge in [-0.1, -0.05) is 0 Å². The molecule has 0 atom stereocenters. The molecule has 0 saturated carbocycles. The highest BCUT2D eigenvalue weighted by Crippen LogP contribution is 2.37. The van der Waals surface area contributed by atoms with E-state index < -0.39 is 5.97 Å². The quantitative estimate of drug-likeness (QED) is 0.733. The molecule has 0 aromatic heterocycles. The zero-order valence-corrected chi connectivity index (χ0v) is 14.7. The molecule has 7 nitrogen and oxygen atoms in total. The normalized spacial score (nSPS) is 14.7. The number of methoxy groups -OCH3 is 1. The largest absolute Gasteiger partial charge is 0.493 e. The highest BCUT2D eigenvalue weighted by atomic mass is 79.9. The number of hydrogen-bond acceptors (Lipinski definition) is 5. The van der Waals surface area contributed by atoms with Crippen LogP contribution in [0.5, 0.6) is 11.5 Å². The maximum atomic E-state index is 12.1. The van der Waals surface area contributed by atoms with E-state index in [4.69, 9.17) is 19.3 Å². The Kier molecular flexibility index (Phi) is 6.62. The number of carboxylic acid groups (broad SMARTS) is 1. The number of halogens is 1. The lowest BCUT2D eigenvalue weighted by atomic mass is 10.2. The Balaban J connectivity index is 2.08. The van der Waals surface area contributed by atoms with Crippen LogP contribution in [0.15, 0.2) is 22.7 Å². The first kappa shape index (κ1) is 18.3. The standard InChI is InChI=1S/C16H18BrNO6/c1-22-13-9-11(2-3-15(20)21)8-12(17)16(13)24-10-14(19)18-4-6-23-7-5-18/h2-3,8-9H,4-7,10H2,1H3,(H,20,21)/b3-2+. The van der Waals surface area contributed by atoms with Crippen molar-refractivity contribution in [1.29, 1.82) is 0 Å². The van der Waals surface area contributed by atoms with E-state index in [1.807, 2.05) is 0 Å². The number of carbonyl (C=O) groups is 2. The summed E-state index contributed by atoms with van der Waals surface area (Å²) >= 11 is 3.36. The molecule has 1 aromatic rings. The lowest BCUT2D eigenvalue weighted by molar-refractivity contribution is -0.137. The molecule has 1 aliphatic rings. The molecule has 24 heavy (non-hydrogen) atoms. The molecule has 0 radical (unpaired) electrons. The van der Waals surface area contributed by atoms with Gasteiger partial charge < -0.3 is 24.2 Å². The van der Waals surface area contributed by atoms with Crippen molar-refractivity contribution < 1.29 is 28.9 Å². The molecule has 0 spiro atoms. The third-order valence-electron chi connectivity index (χ3n) is 3.37. The summed E-state index contributed by atoms with van der Waals surface area (Å²) in [5.74, 6) is -0.362. The summed E-state index contributed by atoms with van der Waals surface area (Å²) in [4.78, 5) is 24.4. The Morgan fingerprint density at radius 2 is 2.08 bits per heavy atom. The number of rotatable bonds is 6. The van der Waals surface area contributed by atoms with Crippen molar-refractivity contribution in [3.63, 3.8) is 0 Å². The van der Waals surface area contributed by atoms with Crippen LogP contribution in [-0.4, -0.2) is 61.9 Å². The van der Waals surface area contributed by atoms with Crippen LogP contribution >= 0.6 is 15.9 Å². The summed E-state index contributed by atoms with van der Waals surface area (Å²) in [5.41, 5.74) is 0.632. The van der Waals surface area contributed by atoms with E-state index >= 15 is 0 Å². The topological polar surface area (TPSA) is 85.3 Å². The minimum Gasteiger partial charge on any atom is -0.493 e. The van der Waals surface area contributed by atoms with Crippen LogP contribution in [0, 0.1) is 0 Å². The maximum absolute atomic E-state index is 12.1. The Labute approximate surface area is 147 Å². The molecule has 130 valence electrons. The van der Waals surface area contributed by atoms with E-state index in [-0.39, 0.29) is 12.5 Å². The summed E-state index contributed by atoms with van der Waals surface area (Å²) in [6.07, 6.45) is 2.47. The predicted octanol–water partition coefficient (Wildman–Crippen LogP) is 1.79. The molecule has 2 rings (SSSR count). The van der Waals surface area contributed by atoms with Crippen LogP contribution in [0.1, 0.15) is 5.56 Å². The van der Waals surface area contributed by atoms with Gasteiger partial charge in [-0.05, 0) is 39.7 Å². The average molecular weight is 400 g/mol. The smallest absolute Gasteiger partial charge is 0.328 e. The fourth-order valence-corrected chi connectivity index (χ4v) is 2.76. The third kappa shape index (κ3) is 4.97. The fourth-order valence-electron chi connectivity index (χ4n) is 2.18. The molecule has 1 heterocycles. The number of benzene rings is 1. The van der Waals surface area contributed by atoms with Gasteiger partial charge in [0.1, 0.15) is 0 Å². The van der Waals surface area contributed by atoms with E-state index in [2.05, 4.69) is 15.9 Å².